The van der Waals surface area contributed by atoms with Crippen molar-refractivity contribution in [3.05, 3.63) is 44.6 Å². The molecule has 0 atom stereocenters. The molecule has 0 unspecified atom stereocenters. The van der Waals surface area contributed by atoms with E-state index in [2.05, 4.69) is 4.98 Å². The number of likely N-dealkylation sites (N-methyl/N-ethyl adjacent to an activating group) is 1. The smallest absolute Gasteiger partial charge is 0.329 e. The Morgan fingerprint density at radius 3 is 2.48 bits per heavy atom. The third-order valence-corrected chi connectivity index (χ3v) is 4.65. The summed E-state index contributed by atoms with van der Waals surface area (Å²) in [7, 11) is 0. The number of rotatable bonds is 4. The van der Waals surface area contributed by atoms with Crippen molar-refractivity contribution in [2.24, 2.45) is 0 Å². The molecule has 1 N–H and O–H groups in total. The number of H-pyrrole nitrogens is 1. The number of hydrogen-bond acceptors (Lipinski definition) is 3. The number of benzene rings is 1. The first-order chi connectivity index (χ1) is 10.9. The van der Waals surface area contributed by atoms with Gasteiger partial charge >= 0.3 is 5.69 Å². The van der Waals surface area contributed by atoms with Crippen LogP contribution in [-0.2, 0) is 10.3 Å². The average molecular weight is 315 g/mol. The maximum atomic E-state index is 12.9. The van der Waals surface area contributed by atoms with E-state index in [4.69, 9.17) is 0 Å². The Morgan fingerprint density at radius 2 is 1.91 bits per heavy atom. The predicted octanol–water partition coefficient (Wildman–Crippen LogP) is 1.36. The molecule has 0 saturated heterocycles. The van der Waals surface area contributed by atoms with Gasteiger partial charge < -0.3 is 9.88 Å². The number of fused-ring (bicyclic) bond motifs is 1. The van der Waals surface area contributed by atoms with Crippen molar-refractivity contribution >= 4 is 16.8 Å². The van der Waals surface area contributed by atoms with Crippen molar-refractivity contribution in [2.45, 2.75) is 39.2 Å². The highest BCUT2D eigenvalue weighted by Gasteiger charge is 2.55. The van der Waals surface area contributed by atoms with Gasteiger partial charge in [-0.05, 0) is 45.7 Å². The number of nitrogens with one attached hydrogen (secondary N) is 1. The summed E-state index contributed by atoms with van der Waals surface area (Å²) in [4.78, 5) is 42.6. The van der Waals surface area contributed by atoms with Gasteiger partial charge in [0.25, 0.3) is 5.56 Å². The first kappa shape index (κ1) is 15.5. The number of aromatic amines is 1. The number of carbonyl (C=O) groups excluding carboxylic acids is 1. The maximum absolute atomic E-state index is 12.9. The van der Waals surface area contributed by atoms with Crippen molar-refractivity contribution in [1.82, 2.24) is 14.5 Å². The Morgan fingerprint density at radius 1 is 1.26 bits per heavy atom. The molecule has 1 aliphatic rings. The van der Waals surface area contributed by atoms with Crippen LogP contribution in [0.1, 0.15) is 32.3 Å². The highest BCUT2D eigenvalue weighted by Crippen LogP contribution is 2.43. The van der Waals surface area contributed by atoms with Crippen molar-refractivity contribution in [3.8, 4) is 0 Å². The molecule has 3 rings (SSSR count). The summed E-state index contributed by atoms with van der Waals surface area (Å²) in [6, 6.07) is 5.32. The molecular weight excluding hydrogens is 294 g/mol. The standard InChI is InChI=1S/C17H21N3O3/c1-4-19(5-2)15(22)17(8-9-17)20-14(21)12-10-11(3)6-7-13(12)18-16(20)23/h6-7,10H,4-5,8-9H2,1-3H3,(H,18,23). The van der Waals surface area contributed by atoms with Gasteiger partial charge in [0.2, 0.25) is 5.91 Å². The number of aryl methyl sites for hydroxylation is 1. The zero-order valence-corrected chi connectivity index (χ0v) is 13.7. The van der Waals surface area contributed by atoms with Crippen molar-refractivity contribution in [3.63, 3.8) is 0 Å². The summed E-state index contributed by atoms with van der Waals surface area (Å²) in [5, 5.41) is 0.447. The van der Waals surface area contributed by atoms with Crippen LogP contribution >= 0.6 is 0 Å². The van der Waals surface area contributed by atoms with Crippen LogP contribution in [0.2, 0.25) is 0 Å². The molecule has 6 heteroatoms. The number of carbonyl (C=O) groups is 1. The molecule has 1 amide bonds. The van der Waals surface area contributed by atoms with Crippen molar-refractivity contribution < 1.29 is 4.79 Å². The van der Waals surface area contributed by atoms with E-state index in [-0.39, 0.29) is 11.5 Å². The topological polar surface area (TPSA) is 75.2 Å². The lowest BCUT2D eigenvalue weighted by atomic mass is 10.1. The Hall–Kier alpha value is -2.37. The number of nitrogens with zero attached hydrogens (tertiary/aromatic N) is 2. The van der Waals surface area contributed by atoms with Crippen LogP contribution in [0, 0.1) is 6.92 Å². The Kier molecular flexibility index (Phi) is 3.62. The molecule has 1 aromatic carbocycles. The molecule has 0 radical (unpaired) electrons. The van der Waals surface area contributed by atoms with Crippen LogP contribution in [-0.4, -0.2) is 33.4 Å². The zero-order valence-electron chi connectivity index (χ0n) is 13.7. The molecule has 1 heterocycles. The highest BCUT2D eigenvalue weighted by atomic mass is 16.2. The molecule has 23 heavy (non-hydrogen) atoms. The summed E-state index contributed by atoms with van der Waals surface area (Å²) >= 11 is 0. The lowest BCUT2D eigenvalue weighted by Gasteiger charge is -2.25. The second-order valence-electron chi connectivity index (χ2n) is 6.13. The number of aromatic nitrogens is 2. The van der Waals surface area contributed by atoms with E-state index in [9.17, 15) is 14.4 Å². The fourth-order valence-corrected chi connectivity index (χ4v) is 3.17. The van der Waals surface area contributed by atoms with Gasteiger partial charge in [-0.3, -0.25) is 9.59 Å². The monoisotopic (exact) mass is 315 g/mol. The molecule has 1 fully saturated rings. The molecule has 1 aliphatic carbocycles. The lowest BCUT2D eigenvalue weighted by molar-refractivity contribution is -0.136. The molecule has 0 aliphatic heterocycles. The van der Waals surface area contributed by atoms with Crippen LogP contribution in [0.25, 0.3) is 10.9 Å². The number of amides is 1. The zero-order chi connectivity index (χ0) is 16.8. The molecular formula is C17H21N3O3. The van der Waals surface area contributed by atoms with E-state index < -0.39 is 11.2 Å². The van der Waals surface area contributed by atoms with Crippen molar-refractivity contribution in [2.75, 3.05) is 13.1 Å². The van der Waals surface area contributed by atoms with Gasteiger partial charge in [0.05, 0.1) is 10.9 Å². The molecule has 0 spiro atoms. The van der Waals surface area contributed by atoms with Gasteiger partial charge in [0.1, 0.15) is 5.54 Å². The Balaban J connectivity index is 2.22. The van der Waals surface area contributed by atoms with E-state index in [1.165, 1.54) is 0 Å². The third kappa shape index (κ3) is 2.29. The van der Waals surface area contributed by atoms with Gasteiger partial charge in [-0.15, -0.1) is 0 Å². The van der Waals surface area contributed by atoms with Gasteiger partial charge in [-0.2, -0.15) is 0 Å². The summed E-state index contributed by atoms with van der Waals surface area (Å²) in [5.41, 5.74) is -0.454. The highest BCUT2D eigenvalue weighted by molar-refractivity contribution is 5.88. The van der Waals surface area contributed by atoms with Crippen LogP contribution in [0.15, 0.2) is 27.8 Å². The van der Waals surface area contributed by atoms with Gasteiger partial charge in [0.15, 0.2) is 0 Å². The minimum atomic E-state index is -1.01. The van der Waals surface area contributed by atoms with E-state index in [1.54, 1.807) is 17.0 Å². The van der Waals surface area contributed by atoms with Crippen LogP contribution < -0.4 is 11.2 Å². The van der Waals surface area contributed by atoms with Gasteiger partial charge in [0, 0.05) is 13.1 Å². The number of hydrogen-bond donors (Lipinski definition) is 1. The molecule has 1 saturated carbocycles. The molecule has 1 aromatic heterocycles. The summed E-state index contributed by atoms with van der Waals surface area (Å²) in [5.74, 6) is -0.137. The largest absolute Gasteiger partial charge is 0.341 e. The summed E-state index contributed by atoms with van der Waals surface area (Å²) in [6.07, 6.45) is 1.06. The first-order valence-electron chi connectivity index (χ1n) is 8.00. The van der Waals surface area contributed by atoms with Gasteiger partial charge in [-0.25, -0.2) is 9.36 Å². The van der Waals surface area contributed by atoms with Gasteiger partial charge in [-0.1, -0.05) is 11.6 Å². The fraction of sp³-hybridized carbons (Fsp3) is 0.471. The Bertz CT molecular complexity index is 886. The SMILES string of the molecule is CCN(CC)C(=O)C1(n2c(=O)[nH]c3ccc(C)cc3c2=O)CC1. The second-order valence-corrected chi connectivity index (χ2v) is 6.13. The molecule has 6 nitrogen and oxygen atoms in total. The van der Waals surface area contributed by atoms with Crippen LogP contribution in [0.4, 0.5) is 0 Å². The quantitative estimate of drug-likeness (QED) is 0.925. The van der Waals surface area contributed by atoms with E-state index in [0.717, 1.165) is 10.1 Å². The van der Waals surface area contributed by atoms with E-state index in [1.807, 2.05) is 26.8 Å². The maximum Gasteiger partial charge on any atom is 0.329 e. The molecule has 0 bridgehead atoms. The Labute approximate surface area is 133 Å². The summed E-state index contributed by atoms with van der Waals surface area (Å²) < 4.78 is 1.13. The van der Waals surface area contributed by atoms with Crippen LogP contribution in [0.5, 0.6) is 0 Å². The lowest BCUT2D eigenvalue weighted by Crippen LogP contribution is -2.51. The minimum absolute atomic E-state index is 0.137. The third-order valence-electron chi connectivity index (χ3n) is 4.65. The summed E-state index contributed by atoms with van der Waals surface area (Å²) in [6.45, 7) is 6.82. The van der Waals surface area contributed by atoms with Crippen molar-refractivity contribution in [1.29, 1.82) is 0 Å². The molecule has 2 aromatic rings. The second kappa shape index (κ2) is 5.37. The first-order valence-corrected chi connectivity index (χ1v) is 8.00. The normalized spacial score (nSPS) is 15.6. The minimum Gasteiger partial charge on any atom is -0.341 e. The predicted molar refractivity (Wildman–Crippen MR) is 88.7 cm³/mol. The van der Waals surface area contributed by atoms with E-state index >= 15 is 0 Å². The fourth-order valence-electron chi connectivity index (χ4n) is 3.17. The van der Waals surface area contributed by atoms with E-state index in [0.29, 0.717) is 36.8 Å². The molecule has 122 valence electrons. The van der Waals surface area contributed by atoms with Crippen LogP contribution in [0.3, 0.4) is 0 Å². The average Bonchev–Trinajstić information content (AvgIpc) is 3.31.